The summed E-state index contributed by atoms with van der Waals surface area (Å²) >= 11 is 0. The molecule has 148 valence electrons. The molecule has 1 fully saturated rings. The summed E-state index contributed by atoms with van der Waals surface area (Å²) in [7, 11) is 1.45. The number of nitrogens with zero attached hydrogens (tertiary/aromatic N) is 1. The molecule has 3 aliphatic heterocycles. The van der Waals surface area contributed by atoms with Gasteiger partial charge in [-0.15, -0.1) is 0 Å². The molecule has 0 aromatic heterocycles. The van der Waals surface area contributed by atoms with Gasteiger partial charge in [0.1, 0.15) is 5.41 Å². The van der Waals surface area contributed by atoms with Crippen molar-refractivity contribution in [2.75, 3.05) is 18.8 Å². The van der Waals surface area contributed by atoms with Crippen LogP contribution in [0.15, 0.2) is 35.9 Å². The molecule has 7 heteroatoms. The Bertz CT molecular complexity index is 879. The molecule has 1 aromatic rings. The maximum Gasteiger partial charge on any atom is 0.264 e. The zero-order valence-corrected chi connectivity index (χ0v) is 16.2. The van der Waals surface area contributed by atoms with E-state index in [0.717, 1.165) is 5.56 Å². The van der Waals surface area contributed by atoms with Gasteiger partial charge in [-0.25, -0.2) is 0 Å². The number of rotatable bonds is 4. The second-order valence-corrected chi connectivity index (χ2v) is 7.54. The molecule has 2 amide bonds. The van der Waals surface area contributed by atoms with Crippen LogP contribution in [0.3, 0.4) is 0 Å². The van der Waals surface area contributed by atoms with Crippen molar-refractivity contribution in [3.05, 3.63) is 41.5 Å². The van der Waals surface area contributed by atoms with E-state index in [9.17, 15) is 14.4 Å². The number of ketones is 1. The van der Waals surface area contributed by atoms with E-state index in [1.54, 1.807) is 6.08 Å². The molecular formula is C21H24N2O5. The predicted octanol–water partition coefficient (Wildman–Crippen LogP) is 1.66. The van der Waals surface area contributed by atoms with Crippen LogP contribution in [0.25, 0.3) is 0 Å². The van der Waals surface area contributed by atoms with Gasteiger partial charge in [0.05, 0.1) is 25.5 Å². The standard InChI is InChI=1S/C21H24N2O5/c1-4-18(25)13-9-19-21(10-16(22-12(2)24)14(13)11-28-19)15-7-5-6-8-17(15)23(27-3)20(21)26/h5-9,14,16,19H,4,10-11H2,1-3H3,(H,22,24)/t14-,16-,19+,21-/m0/s1. The Morgan fingerprint density at radius 2 is 2.11 bits per heavy atom. The lowest BCUT2D eigenvalue weighted by Gasteiger charge is -2.33. The van der Waals surface area contributed by atoms with Crippen LogP contribution in [0.4, 0.5) is 5.69 Å². The number of fused-ring (bicyclic) bond motifs is 3. The number of benzene rings is 1. The largest absolute Gasteiger partial charge is 0.372 e. The molecule has 0 radical (unpaired) electrons. The third kappa shape index (κ3) is 2.53. The van der Waals surface area contributed by atoms with Crippen LogP contribution < -0.4 is 10.4 Å². The first kappa shape index (κ1) is 18.8. The first-order valence-electron chi connectivity index (χ1n) is 9.55. The molecule has 0 unspecified atom stereocenters. The molecule has 3 heterocycles. The van der Waals surface area contributed by atoms with Crippen molar-refractivity contribution in [1.29, 1.82) is 0 Å². The van der Waals surface area contributed by atoms with Gasteiger partial charge < -0.3 is 10.1 Å². The number of amides is 2. The highest BCUT2D eigenvalue weighted by molar-refractivity contribution is 6.08. The molecule has 1 saturated heterocycles. The van der Waals surface area contributed by atoms with E-state index in [-0.39, 0.29) is 36.2 Å². The van der Waals surface area contributed by atoms with Crippen LogP contribution in [0.1, 0.15) is 32.3 Å². The van der Waals surface area contributed by atoms with Gasteiger partial charge in [0.25, 0.3) is 5.91 Å². The average Bonchev–Trinajstić information content (AvgIpc) is 2.79. The van der Waals surface area contributed by atoms with Crippen molar-refractivity contribution in [2.24, 2.45) is 5.92 Å². The normalized spacial score (nSPS) is 30.8. The van der Waals surface area contributed by atoms with Crippen LogP contribution in [0.2, 0.25) is 0 Å². The maximum atomic E-state index is 13.6. The van der Waals surface area contributed by atoms with Crippen molar-refractivity contribution in [1.82, 2.24) is 5.32 Å². The second kappa shape index (κ2) is 6.83. The fraction of sp³-hybridized carbons (Fsp3) is 0.476. The molecule has 28 heavy (non-hydrogen) atoms. The minimum Gasteiger partial charge on any atom is -0.372 e. The number of carbonyl (C=O) groups is 3. The van der Waals surface area contributed by atoms with E-state index < -0.39 is 11.5 Å². The van der Waals surface area contributed by atoms with E-state index in [1.807, 2.05) is 31.2 Å². The number of hydrogen-bond acceptors (Lipinski definition) is 5. The third-order valence-electron chi connectivity index (χ3n) is 6.08. The summed E-state index contributed by atoms with van der Waals surface area (Å²) in [5, 5.41) is 4.26. The predicted molar refractivity (Wildman–Crippen MR) is 101 cm³/mol. The first-order valence-corrected chi connectivity index (χ1v) is 9.55. The zero-order valence-electron chi connectivity index (χ0n) is 16.2. The topological polar surface area (TPSA) is 84.9 Å². The molecule has 4 atom stereocenters. The van der Waals surface area contributed by atoms with Crippen LogP contribution in [0, 0.1) is 5.92 Å². The molecule has 1 aromatic carbocycles. The van der Waals surface area contributed by atoms with Crippen molar-refractivity contribution in [3.8, 4) is 0 Å². The molecule has 1 N–H and O–H groups in total. The molecule has 4 aliphatic rings. The summed E-state index contributed by atoms with van der Waals surface area (Å²) in [6.07, 6.45) is 1.91. The number of nitrogens with one attached hydrogen (secondary N) is 1. The number of hydrogen-bond donors (Lipinski definition) is 1. The number of anilines is 1. The quantitative estimate of drug-likeness (QED) is 0.853. The van der Waals surface area contributed by atoms with E-state index in [2.05, 4.69) is 5.32 Å². The van der Waals surface area contributed by atoms with E-state index in [1.165, 1.54) is 19.1 Å². The Labute approximate surface area is 163 Å². The van der Waals surface area contributed by atoms with Crippen molar-refractivity contribution >= 4 is 23.3 Å². The van der Waals surface area contributed by atoms with E-state index in [0.29, 0.717) is 24.1 Å². The monoisotopic (exact) mass is 384 g/mol. The van der Waals surface area contributed by atoms with Crippen LogP contribution in [-0.2, 0) is 29.4 Å². The van der Waals surface area contributed by atoms with Crippen LogP contribution >= 0.6 is 0 Å². The van der Waals surface area contributed by atoms with E-state index >= 15 is 0 Å². The van der Waals surface area contributed by atoms with Gasteiger partial charge in [-0.2, -0.15) is 5.06 Å². The van der Waals surface area contributed by atoms with Gasteiger partial charge in [-0.1, -0.05) is 25.1 Å². The van der Waals surface area contributed by atoms with Gasteiger partial charge >= 0.3 is 0 Å². The molecular weight excluding hydrogens is 360 g/mol. The maximum absolute atomic E-state index is 13.6. The van der Waals surface area contributed by atoms with Gasteiger partial charge in [0, 0.05) is 30.9 Å². The van der Waals surface area contributed by atoms with Gasteiger partial charge in [0.15, 0.2) is 5.78 Å². The number of carbonyl (C=O) groups excluding carboxylic acids is 3. The lowest BCUT2D eigenvalue weighted by molar-refractivity contribution is -0.134. The Hall–Kier alpha value is -2.51. The fourth-order valence-corrected chi connectivity index (χ4v) is 4.86. The van der Waals surface area contributed by atoms with E-state index in [4.69, 9.17) is 9.57 Å². The zero-order chi connectivity index (χ0) is 20.1. The summed E-state index contributed by atoms with van der Waals surface area (Å²) in [4.78, 5) is 43.5. The summed E-state index contributed by atoms with van der Waals surface area (Å²) in [5.41, 5.74) is 1.06. The fourth-order valence-electron chi connectivity index (χ4n) is 4.86. The summed E-state index contributed by atoms with van der Waals surface area (Å²) < 4.78 is 6.11. The summed E-state index contributed by atoms with van der Waals surface area (Å²) in [6.45, 7) is 3.55. The molecule has 1 aliphatic carbocycles. The highest BCUT2D eigenvalue weighted by Gasteiger charge is 2.61. The molecule has 0 saturated carbocycles. The number of para-hydroxylation sites is 1. The molecule has 5 rings (SSSR count). The first-order chi connectivity index (χ1) is 13.4. The summed E-state index contributed by atoms with van der Waals surface area (Å²) in [5.74, 6) is -0.689. The SMILES string of the molecule is CCC(=O)C1=C[C@H]2OC[C@@H]1[C@@H](NC(C)=O)C[C@@]21C(=O)N(OC)c2ccccc21. The van der Waals surface area contributed by atoms with Crippen molar-refractivity contribution < 1.29 is 24.0 Å². The van der Waals surface area contributed by atoms with Crippen LogP contribution in [-0.4, -0.2) is 43.5 Å². The Kier molecular flexibility index (Phi) is 4.59. The Morgan fingerprint density at radius 3 is 2.79 bits per heavy atom. The second-order valence-electron chi connectivity index (χ2n) is 7.54. The molecule has 7 nitrogen and oxygen atoms in total. The van der Waals surface area contributed by atoms with Crippen LogP contribution in [0.5, 0.6) is 0 Å². The molecule has 2 bridgehead atoms. The third-order valence-corrected chi connectivity index (χ3v) is 6.08. The van der Waals surface area contributed by atoms with Gasteiger partial charge in [-0.05, 0) is 24.1 Å². The Morgan fingerprint density at radius 1 is 1.36 bits per heavy atom. The minimum absolute atomic E-state index is 0.0213. The summed E-state index contributed by atoms with van der Waals surface area (Å²) in [6, 6.07) is 7.06. The highest BCUT2D eigenvalue weighted by atomic mass is 16.7. The number of Topliss-reactive ketones (excluding diaryl/α,β-unsaturated/α-hetero) is 1. The molecule has 1 spiro atoms. The van der Waals surface area contributed by atoms with Crippen molar-refractivity contribution in [2.45, 2.75) is 44.2 Å². The lowest BCUT2D eigenvalue weighted by atomic mass is 9.72. The lowest BCUT2D eigenvalue weighted by Crippen LogP contribution is -2.50. The smallest absolute Gasteiger partial charge is 0.264 e. The van der Waals surface area contributed by atoms with Gasteiger partial charge in [-0.3, -0.25) is 19.2 Å². The number of ether oxygens (including phenoxy) is 1. The Balaban J connectivity index is 1.92. The van der Waals surface area contributed by atoms with Gasteiger partial charge in [0.2, 0.25) is 5.91 Å². The van der Waals surface area contributed by atoms with Crippen molar-refractivity contribution in [3.63, 3.8) is 0 Å². The number of hydroxylamine groups is 1. The highest BCUT2D eigenvalue weighted by Crippen LogP contribution is 2.52. The average molecular weight is 384 g/mol. The minimum atomic E-state index is -1.05.